The van der Waals surface area contributed by atoms with Gasteiger partial charge in [0.2, 0.25) is 5.91 Å². The number of imide groups is 1. The highest BCUT2D eigenvalue weighted by Gasteiger charge is 2.38. The van der Waals surface area contributed by atoms with Crippen LogP contribution in [0.3, 0.4) is 0 Å². The van der Waals surface area contributed by atoms with Gasteiger partial charge in [0.05, 0.1) is 23.8 Å². The molecule has 1 atom stereocenters. The van der Waals surface area contributed by atoms with Crippen molar-refractivity contribution >= 4 is 28.9 Å². The fraction of sp³-hybridized carbons (Fsp3) is 0.333. The molecule has 1 aliphatic heterocycles. The smallest absolute Gasteiger partial charge is 0.325 e. The van der Waals surface area contributed by atoms with Gasteiger partial charge in [0.1, 0.15) is 17.6 Å². The van der Waals surface area contributed by atoms with Crippen LogP contribution in [-0.2, 0) is 29.6 Å². The number of urea groups is 1. The normalized spacial score (nSPS) is 16.3. The monoisotopic (exact) mass is 409 g/mol. The summed E-state index contributed by atoms with van der Waals surface area (Å²) in [6.45, 7) is 0.532. The predicted octanol–water partition coefficient (Wildman–Crippen LogP) is 1.73. The summed E-state index contributed by atoms with van der Waals surface area (Å²) < 4.78 is 7.20. The van der Waals surface area contributed by atoms with Crippen molar-refractivity contribution in [2.24, 2.45) is 7.05 Å². The number of furan rings is 1. The molecular weight excluding hydrogens is 386 g/mol. The Morgan fingerprint density at radius 3 is 2.83 bits per heavy atom. The Balaban J connectivity index is 1.23. The third kappa shape index (κ3) is 4.05. The van der Waals surface area contributed by atoms with Crippen molar-refractivity contribution in [2.75, 3.05) is 6.54 Å². The van der Waals surface area contributed by atoms with Crippen molar-refractivity contribution < 1.29 is 18.8 Å². The van der Waals surface area contributed by atoms with Crippen LogP contribution < -0.4 is 10.6 Å². The molecule has 1 aromatic carbocycles. The average molecular weight is 409 g/mol. The molecule has 3 aromatic rings. The Hall–Kier alpha value is -3.62. The van der Waals surface area contributed by atoms with Gasteiger partial charge in [-0.15, -0.1) is 0 Å². The molecule has 9 nitrogen and oxygen atoms in total. The zero-order valence-corrected chi connectivity index (χ0v) is 16.6. The van der Waals surface area contributed by atoms with Crippen molar-refractivity contribution in [3.8, 4) is 0 Å². The van der Waals surface area contributed by atoms with Crippen molar-refractivity contribution in [1.82, 2.24) is 25.1 Å². The molecule has 2 aromatic heterocycles. The molecule has 30 heavy (non-hydrogen) atoms. The van der Waals surface area contributed by atoms with Crippen LogP contribution in [-0.4, -0.2) is 44.9 Å². The minimum atomic E-state index is -0.696. The number of para-hydroxylation sites is 2. The molecule has 4 rings (SSSR count). The van der Waals surface area contributed by atoms with Gasteiger partial charge in [-0.2, -0.15) is 0 Å². The second-order valence-corrected chi connectivity index (χ2v) is 7.22. The maximum Gasteiger partial charge on any atom is 0.325 e. The van der Waals surface area contributed by atoms with E-state index in [-0.39, 0.29) is 31.2 Å². The first-order valence-electron chi connectivity index (χ1n) is 9.84. The number of amides is 4. The number of aryl methyl sites for hydroxylation is 1. The summed E-state index contributed by atoms with van der Waals surface area (Å²) in [6, 6.07) is 10.1. The van der Waals surface area contributed by atoms with Crippen LogP contribution in [0.1, 0.15) is 24.4 Å². The Kier molecular flexibility index (Phi) is 5.51. The molecule has 0 radical (unpaired) electrons. The molecule has 4 amide bonds. The van der Waals surface area contributed by atoms with Crippen LogP contribution in [0.25, 0.3) is 11.0 Å². The molecule has 1 saturated heterocycles. The van der Waals surface area contributed by atoms with Gasteiger partial charge in [-0.3, -0.25) is 14.5 Å². The maximum absolute atomic E-state index is 12.4. The second kappa shape index (κ2) is 8.40. The number of hydrogen-bond donors (Lipinski definition) is 2. The van der Waals surface area contributed by atoms with Crippen LogP contribution >= 0.6 is 0 Å². The molecule has 3 heterocycles. The van der Waals surface area contributed by atoms with E-state index in [1.54, 1.807) is 12.1 Å². The number of imidazole rings is 1. The minimum Gasteiger partial charge on any atom is -0.467 e. The third-order valence-corrected chi connectivity index (χ3v) is 5.21. The summed E-state index contributed by atoms with van der Waals surface area (Å²) in [6.07, 6.45) is 2.49. The Morgan fingerprint density at radius 1 is 1.23 bits per heavy atom. The van der Waals surface area contributed by atoms with Crippen molar-refractivity contribution in [2.45, 2.75) is 31.8 Å². The quantitative estimate of drug-likeness (QED) is 0.551. The van der Waals surface area contributed by atoms with Crippen LogP contribution in [0.5, 0.6) is 0 Å². The van der Waals surface area contributed by atoms with Gasteiger partial charge in [-0.25, -0.2) is 9.78 Å². The van der Waals surface area contributed by atoms with Crippen LogP contribution in [0, 0.1) is 0 Å². The van der Waals surface area contributed by atoms with E-state index in [4.69, 9.17) is 4.42 Å². The summed E-state index contributed by atoms with van der Waals surface area (Å²) in [5.74, 6) is 0.909. The first-order valence-corrected chi connectivity index (χ1v) is 9.84. The first kappa shape index (κ1) is 19.7. The van der Waals surface area contributed by atoms with E-state index in [0.717, 1.165) is 21.8 Å². The van der Waals surface area contributed by atoms with Gasteiger partial charge >= 0.3 is 6.03 Å². The van der Waals surface area contributed by atoms with Crippen LogP contribution in [0.15, 0.2) is 47.1 Å². The van der Waals surface area contributed by atoms with Gasteiger partial charge in [-0.05, 0) is 30.7 Å². The van der Waals surface area contributed by atoms with E-state index in [2.05, 4.69) is 15.6 Å². The second-order valence-electron chi connectivity index (χ2n) is 7.22. The lowest BCUT2D eigenvalue weighted by Crippen LogP contribution is -2.33. The molecule has 2 N–H and O–H groups in total. The van der Waals surface area contributed by atoms with Gasteiger partial charge in [0.25, 0.3) is 5.91 Å². The highest BCUT2D eigenvalue weighted by Crippen LogP contribution is 2.16. The number of nitrogens with zero attached hydrogens (tertiary/aromatic N) is 3. The lowest BCUT2D eigenvalue weighted by Gasteiger charge is -2.11. The molecule has 0 unspecified atom stereocenters. The summed E-state index contributed by atoms with van der Waals surface area (Å²) in [4.78, 5) is 42.3. The summed E-state index contributed by atoms with van der Waals surface area (Å²) in [5.41, 5.74) is 1.98. The highest BCUT2D eigenvalue weighted by atomic mass is 16.3. The molecule has 0 spiro atoms. The van der Waals surface area contributed by atoms with E-state index in [0.29, 0.717) is 18.7 Å². The zero-order valence-electron chi connectivity index (χ0n) is 16.6. The summed E-state index contributed by atoms with van der Waals surface area (Å²) in [7, 11) is 1.95. The number of nitrogens with one attached hydrogen (secondary N) is 2. The van der Waals surface area contributed by atoms with E-state index in [9.17, 15) is 14.4 Å². The molecular formula is C21H23N5O4. The molecule has 1 aliphatic rings. The van der Waals surface area contributed by atoms with E-state index in [1.807, 2.05) is 35.9 Å². The third-order valence-electron chi connectivity index (χ3n) is 5.21. The van der Waals surface area contributed by atoms with E-state index in [1.165, 1.54) is 6.26 Å². The zero-order chi connectivity index (χ0) is 21.1. The maximum atomic E-state index is 12.4. The SMILES string of the molecule is Cn1c(CCNC(=O)CC[C@@H]2NC(=O)N(Cc3ccco3)C2=O)nc2ccccc21. The standard InChI is InChI=1S/C21H23N5O4/c1-25-17-7-3-2-6-15(17)23-18(25)10-11-22-19(27)9-8-16-20(28)26(21(29)24-16)13-14-5-4-12-30-14/h2-7,12,16H,8-11,13H2,1H3,(H,22,27)(H,24,29)/t16-/m0/s1. The molecule has 9 heteroatoms. The van der Waals surface area contributed by atoms with Crippen molar-refractivity contribution in [1.29, 1.82) is 0 Å². The van der Waals surface area contributed by atoms with Gasteiger partial charge < -0.3 is 19.6 Å². The number of carbonyl (C=O) groups excluding carboxylic acids is 3. The first-order chi connectivity index (χ1) is 14.5. The fourth-order valence-corrected chi connectivity index (χ4v) is 3.58. The Morgan fingerprint density at radius 2 is 2.07 bits per heavy atom. The van der Waals surface area contributed by atoms with E-state index >= 15 is 0 Å². The van der Waals surface area contributed by atoms with Gasteiger partial charge in [-0.1, -0.05) is 12.1 Å². The number of benzene rings is 1. The molecule has 156 valence electrons. The Bertz CT molecular complexity index is 1070. The number of fused-ring (bicyclic) bond motifs is 1. The van der Waals surface area contributed by atoms with Gasteiger partial charge in [0, 0.05) is 26.4 Å². The van der Waals surface area contributed by atoms with Crippen LogP contribution in [0.4, 0.5) is 4.79 Å². The molecule has 0 bridgehead atoms. The Labute approximate surface area is 173 Å². The largest absolute Gasteiger partial charge is 0.467 e. The number of aromatic nitrogens is 2. The molecule has 0 aliphatic carbocycles. The lowest BCUT2D eigenvalue weighted by atomic mass is 10.1. The van der Waals surface area contributed by atoms with Crippen molar-refractivity contribution in [3.63, 3.8) is 0 Å². The average Bonchev–Trinajstić information content (AvgIpc) is 3.43. The number of carbonyl (C=O) groups is 3. The predicted molar refractivity (Wildman–Crippen MR) is 108 cm³/mol. The summed E-state index contributed by atoms with van der Waals surface area (Å²) >= 11 is 0. The van der Waals surface area contributed by atoms with Crippen LogP contribution in [0.2, 0.25) is 0 Å². The minimum absolute atomic E-state index is 0.0817. The van der Waals surface area contributed by atoms with E-state index < -0.39 is 12.1 Å². The topological polar surface area (TPSA) is 109 Å². The van der Waals surface area contributed by atoms with Gasteiger partial charge in [0.15, 0.2) is 0 Å². The van der Waals surface area contributed by atoms with Crippen molar-refractivity contribution in [3.05, 3.63) is 54.2 Å². The molecule has 1 fully saturated rings. The summed E-state index contributed by atoms with van der Waals surface area (Å²) in [5, 5.41) is 5.48. The lowest BCUT2D eigenvalue weighted by molar-refractivity contribution is -0.128. The fourth-order valence-electron chi connectivity index (χ4n) is 3.58. The molecule has 0 saturated carbocycles. The highest BCUT2D eigenvalue weighted by molar-refractivity contribution is 6.04. The number of hydrogen-bond acceptors (Lipinski definition) is 5. The number of rotatable bonds is 8.